The van der Waals surface area contributed by atoms with Gasteiger partial charge in [-0.05, 0) is 13.1 Å². The van der Waals surface area contributed by atoms with Gasteiger partial charge in [0.05, 0.1) is 18.4 Å². The van der Waals surface area contributed by atoms with Gasteiger partial charge < -0.3 is 10.2 Å². The summed E-state index contributed by atoms with van der Waals surface area (Å²) in [6.07, 6.45) is -2.30. The van der Waals surface area contributed by atoms with Gasteiger partial charge in [-0.15, -0.1) is 0 Å². The molecule has 0 bridgehead atoms. The van der Waals surface area contributed by atoms with Gasteiger partial charge >= 0.3 is 12.1 Å². The molecule has 0 radical (unpaired) electrons. The summed E-state index contributed by atoms with van der Waals surface area (Å²) in [6.45, 7) is 7.17. The monoisotopic (exact) mass is 278 g/mol. The summed E-state index contributed by atoms with van der Waals surface area (Å²) in [6, 6.07) is 0. The molecule has 0 saturated heterocycles. The van der Waals surface area contributed by atoms with Crippen LogP contribution < -0.4 is 5.32 Å². The van der Waals surface area contributed by atoms with Crippen molar-refractivity contribution in [2.24, 2.45) is 0 Å². The minimum absolute atomic E-state index is 0.0434. The van der Waals surface area contributed by atoms with E-state index in [1.807, 2.05) is 13.8 Å². The van der Waals surface area contributed by atoms with Crippen molar-refractivity contribution in [3.63, 3.8) is 0 Å². The van der Waals surface area contributed by atoms with Crippen LogP contribution in [0.25, 0.3) is 0 Å². The third-order valence-corrected chi connectivity index (χ3v) is 2.69. The first-order valence-electron chi connectivity index (χ1n) is 5.99. The molecule has 8 heteroatoms. The molecule has 0 aliphatic carbocycles. The molecule has 5 nitrogen and oxygen atoms in total. The number of carbonyl (C=O) groups is 1. The zero-order valence-electron chi connectivity index (χ0n) is 10.9. The average Bonchev–Trinajstić information content (AvgIpc) is 2.77. The number of hydrogen-bond donors (Lipinski definition) is 1. The number of aromatic nitrogens is 2. The maximum absolute atomic E-state index is 12.0. The predicted molar refractivity (Wildman–Crippen MR) is 64.7 cm³/mol. The van der Waals surface area contributed by atoms with Gasteiger partial charge in [0.2, 0.25) is 0 Å². The smallest absolute Gasteiger partial charge is 0.316 e. The molecule has 1 heterocycles. The van der Waals surface area contributed by atoms with Gasteiger partial charge in [-0.1, -0.05) is 13.8 Å². The van der Waals surface area contributed by atoms with Crippen LogP contribution in [-0.2, 0) is 11.3 Å². The highest BCUT2D eigenvalue weighted by Gasteiger charge is 2.38. The Kier molecular flexibility index (Phi) is 5.34. The summed E-state index contributed by atoms with van der Waals surface area (Å²) in [7, 11) is 0. The molecule has 0 spiro atoms. The molecule has 0 saturated carbocycles. The maximum Gasteiger partial charge on any atom is 0.471 e. The first kappa shape index (κ1) is 15.5. The minimum Gasteiger partial charge on any atom is -0.316 e. The van der Waals surface area contributed by atoms with Crippen LogP contribution in [0.2, 0.25) is 0 Å². The normalized spacial score (nSPS) is 11.9. The number of rotatable bonds is 6. The van der Waals surface area contributed by atoms with E-state index in [4.69, 9.17) is 0 Å². The van der Waals surface area contributed by atoms with Gasteiger partial charge in [-0.2, -0.15) is 18.3 Å². The molecule has 1 aromatic rings. The molecule has 0 atom stereocenters. The molecule has 108 valence electrons. The fourth-order valence-electron chi connectivity index (χ4n) is 1.54. The Hall–Kier alpha value is -1.57. The number of halogens is 3. The number of carbonyl (C=O) groups excluding carboxylic acids is 1. The Bertz CT molecular complexity index is 412. The largest absolute Gasteiger partial charge is 0.471 e. The minimum atomic E-state index is -4.89. The van der Waals surface area contributed by atoms with Gasteiger partial charge in [0.15, 0.2) is 0 Å². The lowest BCUT2D eigenvalue weighted by Gasteiger charge is -2.17. The van der Waals surface area contributed by atoms with E-state index in [0.717, 1.165) is 19.6 Å². The number of hydrogen-bond acceptors (Lipinski definition) is 3. The molecule has 0 fully saturated rings. The Morgan fingerprint density at radius 2 is 2.05 bits per heavy atom. The zero-order valence-corrected chi connectivity index (χ0v) is 10.9. The molecule has 1 aromatic heterocycles. The molecule has 19 heavy (non-hydrogen) atoms. The number of anilines is 1. The lowest BCUT2D eigenvalue weighted by molar-refractivity contribution is -0.167. The molecule has 0 aliphatic rings. The van der Waals surface area contributed by atoms with Gasteiger partial charge in [0, 0.05) is 12.7 Å². The molecular formula is C11H17F3N4O. The second-order valence-electron chi connectivity index (χ2n) is 3.97. The SMILES string of the molecule is CCN(CC)CCn1cc(NC(=O)C(F)(F)F)cn1. The lowest BCUT2D eigenvalue weighted by Crippen LogP contribution is -2.29. The van der Waals surface area contributed by atoms with Gasteiger partial charge in [-0.3, -0.25) is 9.48 Å². The fraction of sp³-hybridized carbons (Fsp3) is 0.636. The summed E-state index contributed by atoms with van der Waals surface area (Å²) in [5.41, 5.74) is 0.0434. The van der Waals surface area contributed by atoms with Crippen LogP contribution in [0.15, 0.2) is 12.4 Å². The standard InChI is InChI=1S/C11H17F3N4O/c1-3-17(4-2)5-6-18-8-9(7-15-18)16-10(19)11(12,13)14/h7-8H,3-6H2,1-2H3,(H,16,19). The van der Waals surface area contributed by atoms with E-state index in [2.05, 4.69) is 10.00 Å². The summed E-state index contributed by atoms with van der Waals surface area (Å²) in [5, 5.41) is 5.66. The summed E-state index contributed by atoms with van der Waals surface area (Å²) in [4.78, 5) is 12.9. The van der Waals surface area contributed by atoms with E-state index < -0.39 is 12.1 Å². The number of alkyl halides is 3. The van der Waals surface area contributed by atoms with Gasteiger partial charge in [-0.25, -0.2) is 0 Å². The second kappa shape index (κ2) is 6.55. The van der Waals surface area contributed by atoms with Crippen molar-refractivity contribution in [2.45, 2.75) is 26.6 Å². The van der Waals surface area contributed by atoms with Crippen LogP contribution in [-0.4, -0.2) is 46.4 Å². The third kappa shape index (κ3) is 4.90. The van der Waals surface area contributed by atoms with E-state index in [0.29, 0.717) is 6.54 Å². The van der Waals surface area contributed by atoms with Crippen LogP contribution in [0.1, 0.15) is 13.8 Å². The van der Waals surface area contributed by atoms with Crippen molar-refractivity contribution in [1.82, 2.24) is 14.7 Å². The van der Waals surface area contributed by atoms with Gasteiger partial charge in [0.25, 0.3) is 0 Å². The van der Waals surface area contributed by atoms with Crippen molar-refractivity contribution in [1.29, 1.82) is 0 Å². The van der Waals surface area contributed by atoms with Crippen molar-refractivity contribution < 1.29 is 18.0 Å². The van der Waals surface area contributed by atoms with Crippen LogP contribution in [0, 0.1) is 0 Å². The number of nitrogens with one attached hydrogen (secondary N) is 1. The van der Waals surface area contributed by atoms with Crippen LogP contribution in [0.5, 0.6) is 0 Å². The molecule has 0 aromatic carbocycles. The van der Waals surface area contributed by atoms with E-state index >= 15 is 0 Å². The third-order valence-electron chi connectivity index (χ3n) is 2.69. The van der Waals surface area contributed by atoms with Crippen LogP contribution >= 0.6 is 0 Å². The van der Waals surface area contributed by atoms with E-state index in [-0.39, 0.29) is 5.69 Å². The number of nitrogens with zero attached hydrogens (tertiary/aromatic N) is 3. The Morgan fingerprint density at radius 3 is 2.58 bits per heavy atom. The highest BCUT2D eigenvalue weighted by Crippen LogP contribution is 2.17. The van der Waals surface area contributed by atoms with Crippen molar-refractivity contribution >= 4 is 11.6 Å². The molecule has 0 unspecified atom stereocenters. The van der Waals surface area contributed by atoms with Crippen LogP contribution in [0.3, 0.4) is 0 Å². The van der Waals surface area contributed by atoms with E-state index in [9.17, 15) is 18.0 Å². The number of likely N-dealkylation sites (N-methyl/N-ethyl adjacent to an activating group) is 1. The Labute approximate surface area is 109 Å². The van der Waals surface area contributed by atoms with Crippen LogP contribution in [0.4, 0.5) is 18.9 Å². The Morgan fingerprint density at radius 1 is 1.42 bits per heavy atom. The summed E-state index contributed by atoms with van der Waals surface area (Å²) in [5.74, 6) is -1.99. The highest BCUT2D eigenvalue weighted by atomic mass is 19.4. The van der Waals surface area contributed by atoms with Crippen molar-refractivity contribution in [3.05, 3.63) is 12.4 Å². The van der Waals surface area contributed by atoms with Gasteiger partial charge in [0.1, 0.15) is 0 Å². The zero-order chi connectivity index (χ0) is 14.5. The van der Waals surface area contributed by atoms with Crippen molar-refractivity contribution in [2.75, 3.05) is 25.0 Å². The summed E-state index contributed by atoms with van der Waals surface area (Å²) < 4.78 is 37.6. The lowest BCUT2D eigenvalue weighted by atomic mass is 10.4. The predicted octanol–water partition coefficient (Wildman–Crippen LogP) is 1.73. The summed E-state index contributed by atoms with van der Waals surface area (Å²) >= 11 is 0. The maximum atomic E-state index is 12.0. The molecule has 0 aliphatic heterocycles. The quantitative estimate of drug-likeness (QED) is 0.862. The Balaban J connectivity index is 2.51. The fourth-order valence-corrected chi connectivity index (χ4v) is 1.54. The molecule has 1 rings (SSSR count). The molecule has 1 amide bonds. The average molecular weight is 278 g/mol. The van der Waals surface area contributed by atoms with E-state index in [1.165, 1.54) is 17.1 Å². The first-order chi connectivity index (χ1) is 8.86. The second-order valence-corrected chi connectivity index (χ2v) is 3.97. The molecular weight excluding hydrogens is 261 g/mol. The first-order valence-corrected chi connectivity index (χ1v) is 5.99. The highest BCUT2D eigenvalue weighted by molar-refractivity contribution is 5.94. The topological polar surface area (TPSA) is 50.2 Å². The van der Waals surface area contributed by atoms with E-state index in [1.54, 1.807) is 5.32 Å². The van der Waals surface area contributed by atoms with Crippen molar-refractivity contribution in [3.8, 4) is 0 Å². The molecule has 1 N–H and O–H groups in total. The number of amides is 1.